The Hall–Kier alpha value is -2.14. The van der Waals surface area contributed by atoms with Crippen LogP contribution >= 0.6 is 15.9 Å². The van der Waals surface area contributed by atoms with Crippen LogP contribution in [0.25, 0.3) is 0 Å². The predicted molar refractivity (Wildman–Crippen MR) is 79.5 cm³/mol. The van der Waals surface area contributed by atoms with Crippen LogP contribution in [-0.2, 0) is 9.53 Å². The molecule has 5 heteroatoms. The number of carbonyl (C=O) groups is 2. The Kier molecular flexibility index (Phi) is 4.90. The largest absolute Gasteiger partial charge is 0.452 e. The third kappa shape index (κ3) is 4.20. The predicted octanol–water partition coefficient (Wildman–Crippen LogP) is 3.24. The number of benzene rings is 2. The Balaban J connectivity index is 1.83. The molecule has 0 aromatic heterocycles. The first kappa shape index (κ1) is 14.3. The minimum atomic E-state index is -0.517. The second-order valence-electron chi connectivity index (χ2n) is 4.00. The summed E-state index contributed by atoms with van der Waals surface area (Å²) < 4.78 is 5.85. The summed E-state index contributed by atoms with van der Waals surface area (Å²) in [4.78, 5) is 23.3. The lowest BCUT2D eigenvalue weighted by Gasteiger charge is -2.06. The topological polar surface area (TPSA) is 55.4 Å². The van der Waals surface area contributed by atoms with Gasteiger partial charge in [-0.05, 0) is 36.4 Å². The molecule has 20 heavy (non-hydrogen) atoms. The molecule has 0 fully saturated rings. The first-order valence-electron chi connectivity index (χ1n) is 5.93. The van der Waals surface area contributed by atoms with Crippen molar-refractivity contribution in [3.63, 3.8) is 0 Å². The summed E-state index contributed by atoms with van der Waals surface area (Å²) in [7, 11) is 0. The smallest absolute Gasteiger partial charge is 0.338 e. The van der Waals surface area contributed by atoms with Crippen molar-refractivity contribution in [1.29, 1.82) is 0 Å². The van der Waals surface area contributed by atoms with E-state index in [2.05, 4.69) is 21.2 Å². The molecule has 2 rings (SSSR count). The average Bonchev–Trinajstić information content (AvgIpc) is 2.48. The van der Waals surface area contributed by atoms with Crippen molar-refractivity contribution in [2.45, 2.75) is 0 Å². The molecule has 0 aliphatic rings. The van der Waals surface area contributed by atoms with Crippen LogP contribution < -0.4 is 5.32 Å². The van der Waals surface area contributed by atoms with E-state index in [1.807, 2.05) is 12.1 Å². The van der Waals surface area contributed by atoms with Crippen LogP contribution in [0.4, 0.5) is 5.69 Å². The van der Waals surface area contributed by atoms with Gasteiger partial charge in [0.2, 0.25) is 0 Å². The molecule has 102 valence electrons. The van der Waals surface area contributed by atoms with Crippen molar-refractivity contribution in [3.05, 3.63) is 64.6 Å². The Morgan fingerprint density at radius 2 is 1.65 bits per heavy atom. The maximum Gasteiger partial charge on any atom is 0.338 e. The highest BCUT2D eigenvalue weighted by atomic mass is 79.9. The van der Waals surface area contributed by atoms with Crippen LogP contribution in [0.15, 0.2) is 59.1 Å². The van der Waals surface area contributed by atoms with Crippen LogP contribution in [0.1, 0.15) is 10.4 Å². The van der Waals surface area contributed by atoms with Crippen molar-refractivity contribution in [2.75, 3.05) is 11.9 Å². The van der Waals surface area contributed by atoms with E-state index in [0.29, 0.717) is 11.3 Å². The van der Waals surface area contributed by atoms with Gasteiger partial charge in [-0.1, -0.05) is 34.1 Å². The molecule has 0 radical (unpaired) electrons. The van der Waals surface area contributed by atoms with E-state index in [-0.39, 0.29) is 12.5 Å². The number of hydrogen-bond donors (Lipinski definition) is 1. The zero-order valence-corrected chi connectivity index (χ0v) is 12.1. The van der Waals surface area contributed by atoms with E-state index in [4.69, 9.17) is 4.74 Å². The first-order chi connectivity index (χ1) is 9.65. The number of amides is 1. The van der Waals surface area contributed by atoms with Crippen molar-refractivity contribution < 1.29 is 14.3 Å². The summed E-state index contributed by atoms with van der Waals surface area (Å²) in [6.07, 6.45) is 0. The SMILES string of the molecule is O=C(COC(=O)c1ccccc1)Nc1ccc(Br)cc1. The molecule has 0 heterocycles. The maximum absolute atomic E-state index is 11.6. The van der Waals surface area contributed by atoms with E-state index in [9.17, 15) is 9.59 Å². The second kappa shape index (κ2) is 6.86. The molecular formula is C15H12BrNO3. The van der Waals surface area contributed by atoms with Crippen molar-refractivity contribution in [3.8, 4) is 0 Å². The van der Waals surface area contributed by atoms with E-state index in [0.717, 1.165) is 4.47 Å². The molecule has 0 atom stereocenters. The second-order valence-corrected chi connectivity index (χ2v) is 4.91. The molecule has 0 bridgehead atoms. The number of carbonyl (C=O) groups excluding carboxylic acids is 2. The van der Waals surface area contributed by atoms with Crippen LogP contribution in [0.5, 0.6) is 0 Å². The quantitative estimate of drug-likeness (QED) is 0.874. The van der Waals surface area contributed by atoms with Gasteiger partial charge in [0.15, 0.2) is 6.61 Å². The molecule has 4 nitrogen and oxygen atoms in total. The molecule has 1 N–H and O–H groups in total. The Labute approximate surface area is 124 Å². The monoisotopic (exact) mass is 333 g/mol. The molecule has 2 aromatic rings. The standard InChI is InChI=1S/C15H12BrNO3/c16-12-6-8-13(9-7-12)17-14(18)10-20-15(19)11-4-2-1-3-5-11/h1-9H,10H2,(H,17,18). The third-order valence-corrected chi connectivity index (χ3v) is 3.00. The average molecular weight is 334 g/mol. The van der Waals surface area contributed by atoms with Gasteiger partial charge in [-0.2, -0.15) is 0 Å². The molecule has 0 unspecified atom stereocenters. The van der Waals surface area contributed by atoms with E-state index in [1.54, 1.807) is 42.5 Å². The summed E-state index contributed by atoms with van der Waals surface area (Å²) >= 11 is 3.31. The van der Waals surface area contributed by atoms with Crippen LogP contribution in [-0.4, -0.2) is 18.5 Å². The maximum atomic E-state index is 11.6. The van der Waals surface area contributed by atoms with Gasteiger partial charge in [0.05, 0.1) is 5.56 Å². The van der Waals surface area contributed by atoms with E-state index in [1.165, 1.54) is 0 Å². The van der Waals surface area contributed by atoms with Gasteiger partial charge >= 0.3 is 5.97 Å². The summed E-state index contributed by atoms with van der Waals surface area (Å²) in [5.74, 6) is -0.895. The molecule has 0 saturated carbocycles. The minimum absolute atomic E-state index is 0.316. The molecule has 0 aliphatic heterocycles. The Morgan fingerprint density at radius 3 is 2.30 bits per heavy atom. The number of rotatable bonds is 4. The first-order valence-corrected chi connectivity index (χ1v) is 6.72. The molecule has 1 amide bonds. The van der Waals surface area contributed by atoms with Gasteiger partial charge < -0.3 is 10.1 Å². The lowest BCUT2D eigenvalue weighted by Crippen LogP contribution is -2.20. The molecule has 0 saturated heterocycles. The highest BCUT2D eigenvalue weighted by Gasteiger charge is 2.09. The third-order valence-electron chi connectivity index (χ3n) is 2.47. The summed E-state index contributed by atoms with van der Waals surface area (Å²) in [6.45, 7) is -0.316. The van der Waals surface area contributed by atoms with Crippen molar-refractivity contribution in [1.82, 2.24) is 0 Å². The molecule has 2 aromatic carbocycles. The minimum Gasteiger partial charge on any atom is -0.452 e. The highest BCUT2D eigenvalue weighted by Crippen LogP contribution is 2.13. The zero-order chi connectivity index (χ0) is 14.4. The van der Waals surface area contributed by atoms with Crippen molar-refractivity contribution in [2.24, 2.45) is 0 Å². The fraction of sp³-hybridized carbons (Fsp3) is 0.0667. The van der Waals surface area contributed by atoms with Gasteiger partial charge in [0.1, 0.15) is 0 Å². The Morgan fingerprint density at radius 1 is 1.00 bits per heavy atom. The van der Waals surface area contributed by atoms with E-state index < -0.39 is 5.97 Å². The number of anilines is 1. The number of hydrogen-bond acceptors (Lipinski definition) is 3. The lowest BCUT2D eigenvalue weighted by molar-refractivity contribution is -0.119. The zero-order valence-electron chi connectivity index (χ0n) is 10.5. The normalized spacial score (nSPS) is 9.85. The van der Waals surface area contributed by atoms with Gasteiger partial charge in [-0.25, -0.2) is 4.79 Å². The summed E-state index contributed by atoms with van der Waals surface area (Å²) in [5.41, 5.74) is 1.07. The van der Waals surface area contributed by atoms with Gasteiger partial charge in [-0.3, -0.25) is 4.79 Å². The summed E-state index contributed by atoms with van der Waals surface area (Å²) in [5, 5.41) is 2.64. The lowest BCUT2D eigenvalue weighted by atomic mass is 10.2. The Bertz CT molecular complexity index is 596. The molecule has 0 aliphatic carbocycles. The fourth-order valence-corrected chi connectivity index (χ4v) is 1.78. The van der Waals surface area contributed by atoms with Crippen LogP contribution in [0, 0.1) is 0 Å². The number of halogens is 1. The number of nitrogens with one attached hydrogen (secondary N) is 1. The van der Waals surface area contributed by atoms with Crippen LogP contribution in [0.3, 0.4) is 0 Å². The fourth-order valence-electron chi connectivity index (χ4n) is 1.52. The summed E-state index contributed by atoms with van der Waals surface area (Å²) in [6, 6.07) is 15.7. The van der Waals surface area contributed by atoms with Gasteiger partial charge in [0, 0.05) is 10.2 Å². The molecular weight excluding hydrogens is 322 g/mol. The van der Waals surface area contributed by atoms with Gasteiger partial charge in [-0.15, -0.1) is 0 Å². The van der Waals surface area contributed by atoms with Crippen molar-refractivity contribution >= 4 is 33.5 Å². The van der Waals surface area contributed by atoms with Crippen LogP contribution in [0.2, 0.25) is 0 Å². The molecule has 0 spiro atoms. The van der Waals surface area contributed by atoms with Gasteiger partial charge in [0.25, 0.3) is 5.91 Å². The highest BCUT2D eigenvalue weighted by molar-refractivity contribution is 9.10. The van der Waals surface area contributed by atoms with E-state index >= 15 is 0 Å². The number of esters is 1. The number of ether oxygens (including phenoxy) is 1.